The molecule has 0 spiro atoms. The first-order chi connectivity index (χ1) is 10.3. The maximum atomic E-state index is 10.3. The highest BCUT2D eigenvalue weighted by molar-refractivity contribution is 5.75. The Labute approximate surface area is 130 Å². The van der Waals surface area contributed by atoms with E-state index in [1.54, 1.807) is 6.21 Å². The quantitative estimate of drug-likeness (QED) is 0.267. The maximum absolute atomic E-state index is 10.3. The fraction of sp³-hybridized carbons (Fsp3) is 0.765. The molecule has 2 amide bonds. The number of unbranched alkanes of at least 4 members (excludes halogenated alkanes) is 11. The molecule has 3 N–H and O–H groups in total. The average Bonchev–Trinajstić information content (AvgIpc) is 2.46. The molecule has 0 rings (SSSR count). The molecule has 0 aliphatic heterocycles. The Morgan fingerprint density at radius 3 is 2.00 bits per heavy atom. The van der Waals surface area contributed by atoms with Crippen molar-refractivity contribution >= 4 is 12.2 Å². The normalized spacial score (nSPS) is 11.5. The van der Waals surface area contributed by atoms with E-state index in [1.165, 1.54) is 70.6 Å². The number of hydrogen-bond acceptors (Lipinski definition) is 2. The summed E-state index contributed by atoms with van der Waals surface area (Å²) in [6, 6.07) is -0.634. The van der Waals surface area contributed by atoms with Crippen LogP contribution in [-0.2, 0) is 0 Å². The monoisotopic (exact) mass is 295 g/mol. The van der Waals surface area contributed by atoms with Gasteiger partial charge >= 0.3 is 6.03 Å². The van der Waals surface area contributed by atoms with Gasteiger partial charge in [0, 0.05) is 6.21 Å². The zero-order valence-corrected chi connectivity index (χ0v) is 13.7. The van der Waals surface area contributed by atoms with Gasteiger partial charge in [-0.3, -0.25) is 0 Å². The molecule has 0 aromatic rings. The lowest BCUT2D eigenvalue weighted by molar-refractivity contribution is 0.249. The second-order valence-corrected chi connectivity index (χ2v) is 5.51. The van der Waals surface area contributed by atoms with Gasteiger partial charge in [-0.15, -0.1) is 0 Å². The standard InChI is InChI=1S/C17H33N3O/c1-2-3-4-5-6-7-8-9-10-11-12-13-14-15-16-19-20-17(18)21/h14-16H,2-13H2,1H3,(H3,18,20,21). The van der Waals surface area contributed by atoms with Crippen molar-refractivity contribution < 1.29 is 4.79 Å². The molecule has 0 saturated heterocycles. The Hall–Kier alpha value is -1.32. The van der Waals surface area contributed by atoms with E-state index in [2.05, 4.69) is 23.5 Å². The third kappa shape index (κ3) is 18.7. The molecule has 0 saturated carbocycles. The van der Waals surface area contributed by atoms with Crippen LogP contribution in [0.15, 0.2) is 17.3 Å². The first kappa shape index (κ1) is 19.7. The topological polar surface area (TPSA) is 67.5 Å². The smallest absolute Gasteiger partial charge is 0.332 e. The van der Waals surface area contributed by atoms with Crippen molar-refractivity contribution in [1.82, 2.24) is 5.43 Å². The summed E-state index contributed by atoms with van der Waals surface area (Å²) in [4.78, 5) is 10.3. The van der Waals surface area contributed by atoms with Crippen molar-refractivity contribution in [2.75, 3.05) is 0 Å². The number of carbonyl (C=O) groups excluding carboxylic acids is 1. The van der Waals surface area contributed by atoms with Gasteiger partial charge in [-0.1, -0.05) is 77.2 Å². The van der Waals surface area contributed by atoms with Crippen molar-refractivity contribution in [3.63, 3.8) is 0 Å². The largest absolute Gasteiger partial charge is 0.350 e. The number of nitrogens with one attached hydrogen (secondary N) is 1. The molecule has 0 atom stereocenters. The number of amides is 2. The Morgan fingerprint density at radius 2 is 1.48 bits per heavy atom. The number of primary amides is 1. The molecule has 0 unspecified atom stereocenters. The number of nitrogens with zero attached hydrogens (tertiary/aromatic N) is 1. The molecule has 0 aliphatic carbocycles. The maximum Gasteiger partial charge on any atom is 0.332 e. The Morgan fingerprint density at radius 1 is 0.952 bits per heavy atom. The number of urea groups is 1. The Balaban J connectivity index is 3.13. The van der Waals surface area contributed by atoms with Crippen LogP contribution in [0.5, 0.6) is 0 Å². The van der Waals surface area contributed by atoms with Crippen molar-refractivity contribution in [1.29, 1.82) is 0 Å². The number of carbonyl (C=O) groups is 1. The Bertz CT molecular complexity index is 288. The fourth-order valence-corrected chi connectivity index (χ4v) is 2.23. The van der Waals surface area contributed by atoms with E-state index in [-0.39, 0.29) is 0 Å². The predicted octanol–water partition coefficient (Wildman–Crippen LogP) is 4.90. The predicted molar refractivity (Wildman–Crippen MR) is 91.4 cm³/mol. The lowest BCUT2D eigenvalue weighted by Crippen LogP contribution is -2.24. The molecule has 0 radical (unpaired) electrons. The number of hydrogen-bond donors (Lipinski definition) is 2. The van der Waals surface area contributed by atoms with Gasteiger partial charge in [-0.05, 0) is 18.9 Å². The SMILES string of the molecule is CCCCCCCCCCCCCC=CC=NNC(N)=O. The van der Waals surface area contributed by atoms with Gasteiger partial charge in [0.25, 0.3) is 0 Å². The fourth-order valence-electron chi connectivity index (χ4n) is 2.23. The van der Waals surface area contributed by atoms with Crippen LogP contribution in [0, 0.1) is 0 Å². The molecular formula is C17H33N3O. The molecule has 0 aliphatic rings. The van der Waals surface area contributed by atoms with Crippen molar-refractivity contribution in [2.45, 2.75) is 84.0 Å². The lowest BCUT2D eigenvalue weighted by atomic mass is 10.1. The third-order valence-corrected chi connectivity index (χ3v) is 3.45. The zero-order valence-electron chi connectivity index (χ0n) is 13.7. The number of rotatable bonds is 14. The van der Waals surface area contributed by atoms with E-state index < -0.39 is 6.03 Å². The van der Waals surface area contributed by atoms with Crippen molar-refractivity contribution in [3.8, 4) is 0 Å². The van der Waals surface area contributed by atoms with Crippen LogP contribution < -0.4 is 11.2 Å². The minimum absolute atomic E-state index is 0.634. The molecule has 0 bridgehead atoms. The van der Waals surface area contributed by atoms with E-state index in [9.17, 15) is 4.79 Å². The lowest BCUT2D eigenvalue weighted by Gasteiger charge is -2.01. The van der Waals surface area contributed by atoms with E-state index in [0.29, 0.717) is 0 Å². The summed E-state index contributed by atoms with van der Waals surface area (Å²) in [6.45, 7) is 2.26. The highest BCUT2D eigenvalue weighted by atomic mass is 16.2. The van der Waals surface area contributed by atoms with Crippen molar-refractivity contribution in [3.05, 3.63) is 12.2 Å². The van der Waals surface area contributed by atoms with Crippen LogP contribution in [0.2, 0.25) is 0 Å². The molecule has 0 aromatic carbocycles. The third-order valence-electron chi connectivity index (χ3n) is 3.45. The van der Waals surface area contributed by atoms with Gasteiger partial charge in [0.2, 0.25) is 0 Å². The van der Waals surface area contributed by atoms with Gasteiger partial charge < -0.3 is 5.73 Å². The van der Waals surface area contributed by atoms with Gasteiger partial charge in [0.05, 0.1) is 0 Å². The highest BCUT2D eigenvalue weighted by Gasteiger charge is 1.92. The van der Waals surface area contributed by atoms with Gasteiger partial charge in [0.15, 0.2) is 0 Å². The first-order valence-electron chi connectivity index (χ1n) is 8.51. The molecule has 122 valence electrons. The van der Waals surface area contributed by atoms with Crippen LogP contribution in [0.1, 0.15) is 84.0 Å². The Kier molecular flexibility index (Phi) is 15.7. The van der Waals surface area contributed by atoms with Gasteiger partial charge in [-0.2, -0.15) is 5.10 Å². The van der Waals surface area contributed by atoms with Crippen LogP contribution in [0.3, 0.4) is 0 Å². The average molecular weight is 295 g/mol. The molecule has 4 heteroatoms. The summed E-state index contributed by atoms with van der Waals surface area (Å²) in [7, 11) is 0. The minimum Gasteiger partial charge on any atom is -0.350 e. The summed E-state index contributed by atoms with van der Waals surface area (Å²) in [6.07, 6.45) is 21.6. The molecule has 4 nitrogen and oxygen atoms in total. The van der Waals surface area contributed by atoms with E-state index in [1.807, 2.05) is 6.08 Å². The number of nitrogens with two attached hydrogens (primary N) is 1. The van der Waals surface area contributed by atoms with Crippen LogP contribution in [0.4, 0.5) is 4.79 Å². The molecule has 0 fully saturated rings. The first-order valence-corrected chi connectivity index (χ1v) is 8.51. The van der Waals surface area contributed by atoms with Gasteiger partial charge in [-0.25, -0.2) is 10.2 Å². The summed E-state index contributed by atoms with van der Waals surface area (Å²) in [5.41, 5.74) is 7.01. The summed E-state index contributed by atoms with van der Waals surface area (Å²) in [5.74, 6) is 0. The molecule has 0 aromatic heterocycles. The summed E-state index contributed by atoms with van der Waals surface area (Å²) >= 11 is 0. The molecular weight excluding hydrogens is 262 g/mol. The number of hydrazone groups is 1. The van der Waals surface area contributed by atoms with Crippen LogP contribution in [-0.4, -0.2) is 12.2 Å². The minimum atomic E-state index is -0.634. The van der Waals surface area contributed by atoms with Crippen LogP contribution in [0.25, 0.3) is 0 Å². The zero-order chi connectivity index (χ0) is 15.6. The van der Waals surface area contributed by atoms with E-state index in [0.717, 1.165) is 6.42 Å². The highest BCUT2D eigenvalue weighted by Crippen LogP contribution is 2.11. The van der Waals surface area contributed by atoms with E-state index >= 15 is 0 Å². The van der Waals surface area contributed by atoms with Crippen LogP contribution >= 0.6 is 0 Å². The molecule has 21 heavy (non-hydrogen) atoms. The van der Waals surface area contributed by atoms with E-state index in [4.69, 9.17) is 5.73 Å². The summed E-state index contributed by atoms with van der Waals surface area (Å²) < 4.78 is 0. The second-order valence-electron chi connectivity index (χ2n) is 5.51. The molecule has 0 heterocycles. The van der Waals surface area contributed by atoms with Crippen molar-refractivity contribution in [2.24, 2.45) is 10.8 Å². The van der Waals surface area contributed by atoms with Gasteiger partial charge in [0.1, 0.15) is 0 Å². The number of allylic oxidation sites excluding steroid dienone is 2. The summed E-state index contributed by atoms with van der Waals surface area (Å²) in [5, 5.41) is 3.63. The second kappa shape index (κ2) is 16.7.